The number of para-hydroxylation sites is 1. The molecule has 21 heteroatoms. The fraction of sp³-hybridized carbons (Fsp3) is 0.571. The normalized spacial score (nSPS) is 32.2. The van der Waals surface area contributed by atoms with Crippen LogP contribution in [0.2, 0.25) is 0 Å². The van der Waals surface area contributed by atoms with Gasteiger partial charge in [0.05, 0.1) is 50.2 Å². The van der Waals surface area contributed by atoms with Gasteiger partial charge in [0.2, 0.25) is 11.8 Å². The summed E-state index contributed by atoms with van der Waals surface area (Å²) in [4.78, 5) is 79.4. The van der Waals surface area contributed by atoms with E-state index >= 15 is 9.59 Å². The molecule has 1 aromatic heterocycles. The molecule has 3 saturated heterocycles. The van der Waals surface area contributed by atoms with Gasteiger partial charge in [-0.25, -0.2) is 0 Å². The number of aromatic amines is 1. The lowest BCUT2D eigenvalue weighted by atomic mass is 9.47. The van der Waals surface area contributed by atoms with E-state index in [1.54, 1.807) is 38.3 Å². The van der Waals surface area contributed by atoms with Crippen LogP contribution in [0.1, 0.15) is 93.5 Å². The van der Waals surface area contributed by atoms with E-state index in [-0.39, 0.29) is 62.3 Å². The molecule has 4 aromatic rings. The van der Waals surface area contributed by atoms with Crippen LogP contribution in [0.15, 0.2) is 72.8 Å². The zero-order chi connectivity index (χ0) is 59.7. The van der Waals surface area contributed by atoms with Gasteiger partial charge in [-0.05, 0) is 86.4 Å². The highest BCUT2D eigenvalue weighted by Crippen LogP contribution is 2.68. The van der Waals surface area contributed by atoms with Gasteiger partial charge in [0.15, 0.2) is 11.9 Å². The number of ether oxygens (including phenoxy) is 5. The fourth-order valence-corrected chi connectivity index (χ4v) is 17.3. The number of benzene rings is 3. The number of likely N-dealkylation sites (tertiary alicyclic amines) is 1. The molecule has 1 aliphatic carbocycles. The van der Waals surface area contributed by atoms with Gasteiger partial charge >= 0.3 is 11.9 Å². The van der Waals surface area contributed by atoms with Gasteiger partial charge in [-0.3, -0.25) is 38.7 Å². The van der Waals surface area contributed by atoms with Gasteiger partial charge in [-0.15, -0.1) is 11.8 Å². The number of carbonyl (C=O) groups excluding carboxylic acids is 4. The molecule has 6 N–H and O–H groups in total. The minimum absolute atomic E-state index is 0.0134. The fourth-order valence-electron chi connectivity index (χ4n) is 16.1. The highest BCUT2D eigenvalue weighted by Gasteiger charge is 2.79. The van der Waals surface area contributed by atoms with Crippen LogP contribution in [0, 0.1) is 17.3 Å². The number of amides is 3. The predicted molar refractivity (Wildman–Crippen MR) is 314 cm³/mol. The Morgan fingerprint density at radius 2 is 1.73 bits per heavy atom. The zero-order valence-corrected chi connectivity index (χ0v) is 49.9. The smallest absolute Gasteiger partial charge is 0.322 e. The molecule has 1 spiro atoms. The molecule has 4 fully saturated rings. The standard InChI is InChI=1S/C63H80N6O14S/c1-8-59(77)32-38-33-62(58(76)81-7,50-42(19-24-67(34-38)36-59)41-13-10-11-14-45(41)65-50)44-29-43-46(30-47(44)79-5)66(4)55-61(43)21-25-68-23-12-20-60(9-2,54(61)68)56(74)63(55,78)57(75)64-22-27-83-53(80-6)39-15-17-40(18-16-39)82-28-26-69-49(70)31-48(51(69)71)84-35-37(3)52(72)73/h10-18,20,29-30,37-38,48,53-56,65,74,77-78H,8-9,19,21-28,31-36H2,1-7H3,(H,64,75)(H,72,73)/t37-,38?,48?,53?,54+,55-,56-,59+,60-,61-,62+,63+/m1/s1. The number of carboxylic acid groups (broad SMARTS) is 1. The lowest BCUT2D eigenvalue weighted by molar-refractivity contribution is -0.203. The first-order valence-electron chi connectivity index (χ1n) is 29.5. The van der Waals surface area contributed by atoms with Crippen LogP contribution in [-0.2, 0) is 55.4 Å². The van der Waals surface area contributed by atoms with E-state index in [0.717, 1.165) is 32.6 Å². The molecule has 84 heavy (non-hydrogen) atoms. The summed E-state index contributed by atoms with van der Waals surface area (Å²) in [5, 5.41) is 51.5. The van der Waals surface area contributed by atoms with Crippen molar-refractivity contribution in [3.8, 4) is 11.5 Å². The van der Waals surface area contributed by atoms with Gasteiger partial charge in [0.25, 0.3) is 5.91 Å². The quantitative estimate of drug-likeness (QED) is 0.0231. The summed E-state index contributed by atoms with van der Waals surface area (Å²) in [7, 11) is 6.36. The molecule has 13 atom stereocenters. The Hall–Kier alpha value is -6.04. The first-order valence-corrected chi connectivity index (χ1v) is 30.6. The van der Waals surface area contributed by atoms with Crippen molar-refractivity contribution in [1.29, 1.82) is 0 Å². The predicted octanol–water partition coefficient (Wildman–Crippen LogP) is 4.69. The van der Waals surface area contributed by atoms with Crippen LogP contribution in [0.25, 0.3) is 10.9 Å². The number of aromatic nitrogens is 1. The zero-order valence-electron chi connectivity index (χ0n) is 49.1. The Bertz CT molecular complexity index is 3230. The lowest BCUT2D eigenvalue weighted by Crippen LogP contribution is -2.81. The Labute approximate surface area is 494 Å². The van der Waals surface area contributed by atoms with Gasteiger partial charge in [-0.2, -0.15) is 0 Å². The summed E-state index contributed by atoms with van der Waals surface area (Å²) in [6, 6.07) is 17.7. The van der Waals surface area contributed by atoms with Crippen LogP contribution < -0.4 is 19.7 Å². The topological polar surface area (TPSA) is 253 Å². The number of imide groups is 1. The summed E-state index contributed by atoms with van der Waals surface area (Å²) < 4.78 is 30.3. The Morgan fingerprint density at radius 3 is 2.44 bits per heavy atom. The van der Waals surface area contributed by atoms with E-state index in [1.807, 2.05) is 62.2 Å². The van der Waals surface area contributed by atoms with Crippen LogP contribution in [0.4, 0.5) is 5.69 Å². The SMILES string of the molecule is CC[C@]1(O)CC2CN(CCc3c([nH]c4ccccc34)[C@@](C(=O)OC)(c3cc4c(cc3OC)N(C)[C@H]3[C@@](O)(C(=O)NCCOC(OC)c5ccc(OCCN6C(=O)CC(SC[C@@H](C)C(=O)O)C6=O)cc5)[C@H](O)[C@]5(CC)C=CCN6CC[C@]43[C@@H]65)C2)C1. The number of aliphatic hydroxyl groups is 3. The molecule has 4 unspecified atom stereocenters. The summed E-state index contributed by atoms with van der Waals surface area (Å²) in [6.45, 7) is 8.67. The van der Waals surface area contributed by atoms with Crippen molar-refractivity contribution in [3.05, 3.63) is 101 Å². The number of piperidine rings is 1. The number of H-pyrrole nitrogens is 1. The van der Waals surface area contributed by atoms with E-state index in [4.69, 9.17) is 23.7 Å². The first-order chi connectivity index (χ1) is 40.3. The summed E-state index contributed by atoms with van der Waals surface area (Å²) in [5.41, 5.74) is -1.55. The number of nitrogens with one attached hydrogen (secondary N) is 2. The molecule has 1 saturated carbocycles. The second-order valence-corrected chi connectivity index (χ2v) is 25.6. The molecule has 7 heterocycles. The van der Waals surface area contributed by atoms with Crippen LogP contribution in [-0.4, -0.2) is 198 Å². The minimum atomic E-state index is -2.41. The summed E-state index contributed by atoms with van der Waals surface area (Å²) in [6.07, 6.45) is 4.49. The van der Waals surface area contributed by atoms with Crippen LogP contribution >= 0.6 is 11.8 Å². The largest absolute Gasteiger partial charge is 0.496 e. The number of hydrogen-bond donors (Lipinski definition) is 6. The number of esters is 1. The Balaban J connectivity index is 0.874. The number of carboxylic acids is 1. The third kappa shape index (κ3) is 9.50. The molecule has 6 aliphatic heterocycles. The number of aliphatic carboxylic acids is 1. The van der Waals surface area contributed by atoms with Crippen molar-refractivity contribution in [2.45, 2.75) is 117 Å². The van der Waals surface area contributed by atoms with Crippen molar-refractivity contribution >= 4 is 58.0 Å². The third-order valence-electron chi connectivity index (χ3n) is 20.0. The number of rotatable bonds is 20. The van der Waals surface area contributed by atoms with Gasteiger partial charge < -0.3 is 59.3 Å². The van der Waals surface area contributed by atoms with Gasteiger partial charge in [0, 0.05) is 115 Å². The second kappa shape index (κ2) is 23.0. The molecule has 7 aliphatic rings. The maximum absolute atomic E-state index is 15.6. The minimum Gasteiger partial charge on any atom is -0.496 e. The van der Waals surface area contributed by atoms with E-state index < -0.39 is 74.9 Å². The molecule has 3 aromatic carbocycles. The van der Waals surface area contributed by atoms with Crippen molar-refractivity contribution < 1.29 is 68.1 Å². The van der Waals surface area contributed by atoms with Crippen molar-refractivity contribution in [2.24, 2.45) is 17.3 Å². The van der Waals surface area contributed by atoms with Gasteiger partial charge in [0.1, 0.15) is 29.6 Å². The second-order valence-electron chi connectivity index (χ2n) is 24.4. The molecular formula is C63H80N6O14S. The molecule has 3 amide bonds. The van der Waals surface area contributed by atoms with E-state index in [1.165, 1.54) is 26.0 Å². The molecule has 11 rings (SSSR count). The van der Waals surface area contributed by atoms with E-state index in [2.05, 4.69) is 32.2 Å². The molecular weight excluding hydrogens is 1100 g/mol. The Kier molecular flexibility index (Phi) is 16.3. The monoisotopic (exact) mass is 1180 g/mol. The average molecular weight is 1180 g/mol. The number of nitrogens with zero attached hydrogens (tertiary/aromatic N) is 4. The number of fused-ring (bicyclic) bond motifs is 6. The van der Waals surface area contributed by atoms with Gasteiger partial charge in [-0.1, -0.05) is 63.3 Å². The number of anilines is 1. The summed E-state index contributed by atoms with van der Waals surface area (Å²) >= 11 is 1.18. The molecule has 2 bridgehead atoms. The third-order valence-corrected chi connectivity index (χ3v) is 21.4. The molecule has 20 nitrogen and oxygen atoms in total. The first kappa shape index (κ1) is 59.7. The van der Waals surface area contributed by atoms with Crippen molar-refractivity contribution in [3.63, 3.8) is 0 Å². The maximum Gasteiger partial charge on any atom is 0.322 e. The van der Waals surface area contributed by atoms with E-state index in [9.17, 15) is 34.8 Å². The number of likely N-dealkylation sites (N-methyl/N-ethyl adjacent to an activating group) is 1. The molecule has 0 radical (unpaired) electrons. The number of methoxy groups -OCH3 is 3. The lowest BCUT2D eigenvalue weighted by Gasteiger charge is -2.63. The highest BCUT2D eigenvalue weighted by molar-refractivity contribution is 8.00. The Morgan fingerprint density at radius 1 is 0.952 bits per heavy atom. The average Bonchev–Trinajstić information content (AvgIpc) is 1.45. The van der Waals surface area contributed by atoms with E-state index in [0.29, 0.717) is 99.6 Å². The molecule has 452 valence electrons. The number of thioether (sulfide) groups is 1. The van der Waals surface area contributed by atoms with Crippen molar-refractivity contribution in [1.82, 2.24) is 25.0 Å². The van der Waals surface area contributed by atoms with Crippen LogP contribution in [0.5, 0.6) is 11.5 Å². The highest BCUT2D eigenvalue weighted by atomic mass is 32.2. The maximum atomic E-state index is 15.6. The number of hydrogen-bond acceptors (Lipinski definition) is 17. The number of carbonyl (C=O) groups is 5. The van der Waals surface area contributed by atoms with Crippen LogP contribution in [0.3, 0.4) is 0 Å². The number of aliphatic hydroxyl groups excluding tert-OH is 1. The summed E-state index contributed by atoms with van der Waals surface area (Å²) in [5.74, 6) is -2.53. The van der Waals surface area contributed by atoms with Crippen molar-refractivity contribution in [2.75, 3.05) is 98.1 Å².